The number of ether oxygens (including phenoxy) is 2. The molecular weight excluding hydrogens is 380 g/mol. The van der Waals surface area contributed by atoms with Crippen LogP contribution in [0.5, 0.6) is 5.75 Å². The minimum atomic E-state index is 0.00758. The lowest BCUT2D eigenvalue weighted by molar-refractivity contribution is 0.0241. The van der Waals surface area contributed by atoms with E-state index in [9.17, 15) is 4.79 Å². The fourth-order valence-corrected chi connectivity index (χ4v) is 4.31. The van der Waals surface area contributed by atoms with Crippen molar-refractivity contribution in [2.24, 2.45) is 0 Å². The molecule has 0 radical (unpaired) electrons. The number of aryl methyl sites for hydroxylation is 1. The lowest BCUT2D eigenvalue weighted by atomic mass is 10.0. The summed E-state index contributed by atoms with van der Waals surface area (Å²) in [6.45, 7) is 8.57. The van der Waals surface area contributed by atoms with Gasteiger partial charge in [0.2, 0.25) is 5.43 Å². The van der Waals surface area contributed by atoms with E-state index < -0.39 is 0 Å². The van der Waals surface area contributed by atoms with Crippen molar-refractivity contribution < 1.29 is 13.9 Å². The van der Waals surface area contributed by atoms with Crippen molar-refractivity contribution in [2.45, 2.75) is 13.5 Å². The third kappa shape index (κ3) is 3.62. The Kier molecular flexibility index (Phi) is 5.29. The number of fused-ring (bicyclic) bond motifs is 3. The van der Waals surface area contributed by atoms with Gasteiger partial charge in [0.15, 0.2) is 0 Å². The van der Waals surface area contributed by atoms with Gasteiger partial charge in [-0.2, -0.15) is 0 Å². The van der Waals surface area contributed by atoms with Gasteiger partial charge in [-0.3, -0.25) is 14.6 Å². The van der Waals surface area contributed by atoms with E-state index in [4.69, 9.17) is 13.9 Å². The normalized spacial score (nSPS) is 17.6. The molecule has 0 saturated carbocycles. The summed E-state index contributed by atoms with van der Waals surface area (Å²) < 4.78 is 17.7. The van der Waals surface area contributed by atoms with E-state index in [1.807, 2.05) is 49.4 Å². The number of hydrogen-bond acceptors (Lipinski definition) is 6. The van der Waals surface area contributed by atoms with E-state index in [2.05, 4.69) is 9.80 Å². The second-order valence-electron chi connectivity index (χ2n) is 7.93. The first-order valence-electron chi connectivity index (χ1n) is 10.5. The molecule has 0 bridgehead atoms. The van der Waals surface area contributed by atoms with Crippen molar-refractivity contribution in [3.8, 4) is 16.9 Å². The zero-order valence-corrected chi connectivity index (χ0v) is 17.2. The van der Waals surface area contributed by atoms with Gasteiger partial charge in [0.25, 0.3) is 0 Å². The zero-order valence-electron chi connectivity index (χ0n) is 17.2. The van der Waals surface area contributed by atoms with Gasteiger partial charge in [-0.15, -0.1) is 0 Å². The molecule has 0 atom stereocenters. The molecule has 0 unspecified atom stereocenters. The van der Waals surface area contributed by atoms with Crippen LogP contribution in [0.2, 0.25) is 0 Å². The Morgan fingerprint density at radius 1 is 0.967 bits per heavy atom. The third-order valence-electron chi connectivity index (χ3n) is 5.98. The van der Waals surface area contributed by atoms with Gasteiger partial charge in [0, 0.05) is 32.7 Å². The zero-order chi connectivity index (χ0) is 20.5. The van der Waals surface area contributed by atoms with Crippen LogP contribution in [0.4, 0.5) is 0 Å². The number of morpholine rings is 1. The molecule has 0 aliphatic carbocycles. The Morgan fingerprint density at radius 2 is 1.73 bits per heavy atom. The molecule has 6 heteroatoms. The molecule has 1 aromatic heterocycles. The van der Waals surface area contributed by atoms with Crippen LogP contribution in [-0.2, 0) is 11.3 Å². The van der Waals surface area contributed by atoms with Gasteiger partial charge in [0.1, 0.15) is 23.8 Å². The average molecular weight is 406 g/mol. The summed E-state index contributed by atoms with van der Waals surface area (Å²) in [5.74, 6) is 1.44. The summed E-state index contributed by atoms with van der Waals surface area (Å²) in [5.41, 5.74) is 3.12. The monoisotopic (exact) mass is 406 g/mol. The van der Waals surface area contributed by atoms with Gasteiger partial charge in [-0.25, -0.2) is 0 Å². The number of rotatable bonds is 4. The van der Waals surface area contributed by atoms with E-state index in [0.717, 1.165) is 56.3 Å². The highest BCUT2D eigenvalue weighted by atomic mass is 16.5. The predicted molar refractivity (Wildman–Crippen MR) is 116 cm³/mol. The minimum absolute atomic E-state index is 0.00758. The van der Waals surface area contributed by atoms with Crippen molar-refractivity contribution in [1.29, 1.82) is 0 Å². The molecule has 30 heavy (non-hydrogen) atoms. The largest absolute Gasteiger partial charge is 0.478 e. The van der Waals surface area contributed by atoms with Gasteiger partial charge >= 0.3 is 0 Å². The number of hydrogen-bond donors (Lipinski definition) is 0. The molecule has 0 amide bonds. The van der Waals surface area contributed by atoms with Gasteiger partial charge in [-0.05, 0) is 24.6 Å². The van der Waals surface area contributed by atoms with Crippen molar-refractivity contribution >= 4 is 11.0 Å². The van der Waals surface area contributed by atoms with Gasteiger partial charge in [-0.1, -0.05) is 30.3 Å². The first-order chi connectivity index (χ1) is 14.7. The van der Waals surface area contributed by atoms with Crippen LogP contribution < -0.4 is 10.2 Å². The molecule has 156 valence electrons. The molecule has 3 aromatic rings. The molecule has 6 nitrogen and oxygen atoms in total. The van der Waals surface area contributed by atoms with Crippen LogP contribution in [0, 0.1) is 6.92 Å². The Morgan fingerprint density at radius 3 is 2.53 bits per heavy atom. The summed E-state index contributed by atoms with van der Waals surface area (Å²) in [7, 11) is 0. The molecule has 2 aromatic carbocycles. The van der Waals surface area contributed by atoms with Crippen molar-refractivity contribution in [3.05, 3.63) is 64.0 Å². The standard InChI is InChI=1S/C24H26N2O4/c1-17-22(18-5-3-2-4-6-18)23(27)19-7-8-21-20(24(19)30-17)15-26(16-29-21)10-9-25-11-13-28-14-12-25/h2-8H,9-16H2,1H3. The number of benzene rings is 2. The Hall–Kier alpha value is -2.67. The number of nitrogens with zero attached hydrogens (tertiary/aromatic N) is 2. The molecule has 0 N–H and O–H groups in total. The first-order valence-corrected chi connectivity index (χ1v) is 10.5. The first kappa shape index (κ1) is 19.3. The topological polar surface area (TPSA) is 55.2 Å². The van der Waals surface area contributed by atoms with Crippen LogP contribution >= 0.6 is 0 Å². The Labute approximate surface area is 175 Å². The quantitative estimate of drug-likeness (QED) is 0.663. The predicted octanol–water partition coefficient (Wildman–Crippen LogP) is 3.25. The van der Waals surface area contributed by atoms with Crippen molar-refractivity contribution in [1.82, 2.24) is 9.80 Å². The third-order valence-corrected chi connectivity index (χ3v) is 5.98. The Bertz CT molecular complexity index is 1100. The highest BCUT2D eigenvalue weighted by Gasteiger charge is 2.24. The maximum absolute atomic E-state index is 13.3. The molecule has 2 aliphatic heterocycles. The molecule has 5 rings (SSSR count). The SMILES string of the molecule is Cc1oc2c3c(ccc2c(=O)c1-c1ccccc1)OCN(CCN1CCOCC1)C3. The van der Waals surface area contributed by atoms with E-state index >= 15 is 0 Å². The Balaban J connectivity index is 1.46. The van der Waals surface area contributed by atoms with Crippen molar-refractivity contribution in [2.75, 3.05) is 46.1 Å². The fourth-order valence-electron chi connectivity index (χ4n) is 4.31. The van der Waals surface area contributed by atoms with E-state index in [1.165, 1.54) is 0 Å². The summed E-state index contributed by atoms with van der Waals surface area (Å²) in [6.07, 6.45) is 0. The highest BCUT2D eigenvalue weighted by Crippen LogP contribution is 2.33. The van der Waals surface area contributed by atoms with Crippen LogP contribution in [0.25, 0.3) is 22.1 Å². The van der Waals surface area contributed by atoms with E-state index in [0.29, 0.717) is 35.6 Å². The average Bonchev–Trinajstić information content (AvgIpc) is 2.79. The van der Waals surface area contributed by atoms with E-state index in [-0.39, 0.29) is 5.43 Å². The molecule has 3 heterocycles. The fraction of sp³-hybridized carbons (Fsp3) is 0.375. The second kappa shape index (κ2) is 8.22. The molecule has 1 saturated heterocycles. The molecule has 2 aliphatic rings. The smallest absolute Gasteiger partial charge is 0.200 e. The maximum Gasteiger partial charge on any atom is 0.200 e. The lowest BCUT2D eigenvalue weighted by Gasteiger charge is -2.32. The van der Waals surface area contributed by atoms with Crippen molar-refractivity contribution in [3.63, 3.8) is 0 Å². The highest BCUT2D eigenvalue weighted by molar-refractivity contribution is 5.86. The minimum Gasteiger partial charge on any atom is -0.478 e. The second-order valence-corrected chi connectivity index (χ2v) is 7.93. The maximum atomic E-state index is 13.3. The molecule has 0 spiro atoms. The van der Waals surface area contributed by atoms with Gasteiger partial charge in [0.05, 0.1) is 29.7 Å². The van der Waals surface area contributed by atoms with Crippen LogP contribution in [0.15, 0.2) is 51.7 Å². The van der Waals surface area contributed by atoms with Crippen LogP contribution in [0.3, 0.4) is 0 Å². The van der Waals surface area contributed by atoms with Gasteiger partial charge < -0.3 is 13.9 Å². The summed E-state index contributed by atoms with van der Waals surface area (Å²) in [6, 6.07) is 13.4. The summed E-state index contributed by atoms with van der Waals surface area (Å²) >= 11 is 0. The van der Waals surface area contributed by atoms with Crippen LogP contribution in [0.1, 0.15) is 11.3 Å². The van der Waals surface area contributed by atoms with Crippen LogP contribution in [-0.4, -0.2) is 55.9 Å². The summed E-state index contributed by atoms with van der Waals surface area (Å²) in [4.78, 5) is 18.0. The molecule has 1 fully saturated rings. The van der Waals surface area contributed by atoms with E-state index in [1.54, 1.807) is 0 Å². The molecular formula is C24H26N2O4. The summed E-state index contributed by atoms with van der Waals surface area (Å²) in [5, 5.41) is 0.608. The lowest BCUT2D eigenvalue weighted by Crippen LogP contribution is -2.43.